The molecule has 5 heteroatoms. The summed E-state index contributed by atoms with van der Waals surface area (Å²) in [4.78, 5) is 20.3. The van der Waals surface area contributed by atoms with E-state index in [2.05, 4.69) is 77.7 Å². The van der Waals surface area contributed by atoms with Gasteiger partial charge in [-0.1, -0.05) is 44.2 Å². The second kappa shape index (κ2) is 9.61. The lowest BCUT2D eigenvalue weighted by Gasteiger charge is -2.24. The van der Waals surface area contributed by atoms with Crippen LogP contribution in [0.3, 0.4) is 0 Å². The van der Waals surface area contributed by atoms with Crippen molar-refractivity contribution >= 4 is 22.5 Å². The molecule has 2 aromatic carbocycles. The number of H-pyrrole nitrogens is 1. The van der Waals surface area contributed by atoms with Crippen molar-refractivity contribution in [1.29, 1.82) is 0 Å². The van der Waals surface area contributed by atoms with Crippen LogP contribution in [0.1, 0.15) is 25.0 Å². The van der Waals surface area contributed by atoms with E-state index in [1.54, 1.807) is 0 Å². The molecule has 0 radical (unpaired) electrons. The fourth-order valence-electron chi connectivity index (χ4n) is 3.41. The number of fused-ring (bicyclic) bond motifs is 1. The number of hydrogen-bond donors (Lipinski definition) is 2. The molecule has 2 N–H and O–H groups in total. The Morgan fingerprint density at radius 2 is 1.79 bits per heavy atom. The summed E-state index contributed by atoms with van der Waals surface area (Å²) in [5, 5.41) is 4.49. The minimum atomic E-state index is 0.134. The van der Waals surface area contributed by atoms with Gasteiger partial charge < -0.3 is 20.1 Å². The Labute approximate surface area is 173 Å². The summed E-state index contributed by atoms with van der Waals surface area (Å²) in [5.74, 6) is 0.134. The van der Waals surface area contributed by atoms with Gasteiger partial charge in [0.25, 0.3) is 0 Å². The van der Waals surface area contributed by atoms with Crippen LogP contribution < -0.4 is 10.2 Å². The van der Waals surface area contributed by atoms with Crippen LogP contribution in [-0.4, -0.2) is 49.0 Å². The summed E-state index contributed by atoms with van der Waals surface area (Å²) in [6, 6.07) is 17.0. The van der Waals surface area contributed by atoms with Crippen LogP contribution in [0, 0.1) is 0 Å². The van der Waals surface area contributed by atoms with Crippen molar-refractivity contribution in [2.24, 2.45) is 0 Å². The molecule has 154 valence electrons. The SMILES string of the molecule is CC(C)NCC(=O)N(CCc1c[nH]c2ccccc12)Cc1ccc(N(C)C)cc1. The summed E-state index contributed by atoms with van der Waals surface area (Å²) in [5.41, 5.74) is 4.69. The number of carbonyl (C=O) groups is 1. The Morgan fingerprint density at radius 1 is 1.07 bits per heavy atom. The van der Waals surface area contributed by atoms with Gasteiger partial charge in [0, 0.05) is 56.0 Å². The number of anilines is 1. The molecule has 3 aromatic rings. The second-order valence-corrected chi connectivity index (χ2v) is 8.02. The predicted octanol–water partition coefficient (Wildman–Crippen LogP) is 3.80. The monoisotopic (exact) mass is 392 g/mol. The first-order valence-electron chi connectivity index (χ1n) is 10.3. The predicted molar refractivity (Wildman–Crippen MR) is 121 cm³/mol. The average Bonchev–Trinajstić information content (AvgIpc) is 3.12. The van der Waals surface area contributed by atoms with Crippen LogP contribution in [0.15, 0.2) is 54.7 Å². The highest BCUT2D eigenvalue weighted by Crippen LogP contribution is 2.19. The fourth-order valence-corrected chi connectivity index (χ4v) is 3.41. The van der Waals surface area contributed by atoms with E-state index in [0.29, 0.717) is 19.6 Å². The van der Waals surface area contributed by atoms with Gasteiger partial charge in [0.2, 0.25) is 5.91 Å². The van der Waals surface area contributed by atoms with E-state index in [9.17, 15) is 4.79 Å². The summed E-state index contributed by atoms with van der Waals surface area (Å²) in [7, 11) is 4.06. The van der Waals surface area contributed by atoms with Crippen molar-refractivity contribution in [1.82, 2.24) is 15.2 Å². The van der Waals surface area contributed by atoms with Gasteiger partial charge in [-0.15, -0.1) is 0 Å². The quantitative estimate of drug-likeness (QED) is 0.582. The summed E-state index contributed by atoms with van der Waals surface area (Å²) in [6.07, 6.45) is 2.89. The number of nitrogens with one attached hydrogen (secondary N) is 2. The minimum Gasteiger partial charge on any atom is -0.378 e. The Kier molecular flexibility index (Phi) is 6.94. The Morgan fingerprint density at radius 3 is 2.48 bits per heavy atom. The van der Waals surface area contributed by atoms with Gasteiger partial charge in [0.1, 0.15) is 0 Å². The first-order chi connectivity index (χ1) is 13.9. The molecule has 1 aromatic heterocycles. The second-order valence-electron chi connectivity index (χ2n) is 8.02. The molecule has 5 nitrogen and oxygen atoms in total. The van der Waals surface area contributed by atoms with Crippen LogP contribution in [-0.2, 0) is 17.8 Å². The Bertz CT molecular complexity index is 927. The third kappa shape index (κ3) is 5.61. The van der Waals surface area contributed by atoms with Crippen LogP contribution in [0.2, 0.25) is 0 Å². The van der Waals surface area contributed by atoms with E-state index in [-0.39, 0.29) is 11.9 Å². The molecule has 0 bridgehead atoms. The van der Waals surface area contributed by atoms with Crippen molar-refractivity contribution in [3.8, 4) is 0 Å². The lowest BCUT2D eigenvalue weighted by Crippen LogP contribution is -2.40. The van der Waals surface area contributed by atoms with Gasteiger partial charge in [-0.25, -0.2) is 0 Å². The van der Waals surface area contributed by atoms with Crippen molar-refractivity contribution in [2.45, 2.75) is 32.9 Å². The van der Waals surface area contributed by atoms with Gasteiger partial charge in [-0.3, -0.25) is 4.79 Å². The van der Waals surface area contributed by atoms with E-state index < -0.39 is 0 Å². The average molecular weight is 393 g/mol. The van der Waals surface area contributed by atoms with Crippen molar-refractivity contribution in [2.75, 3.05) is 32.1 Å². The number of aromatic amines is 1. The number of para-hydroxylation sites is 1. The number of rotatable bonds is 9. The standard InChI is InChI=1S/C24H32N4O/c1-18(2)25-16-24(29)28(17-19-9-11-21(12-10-19)27(3)4)14-13-20-15-26-23-8-6-5-7-22(20)23/h5-12,15,18,25-26H,13-14,16-17H2,1-4H3. The minimum absolute atomic E-state index is 0.134. The molecule has 0 aliphatic carbocycles. The van der Waals surface area contributed by atoms with Crippen molar-refractivity contribution in [3.63, 3.8) is 0 Å². The topological polar surface area (TPSA) is 51.4 Å². The van der Waals surface area contributed by atoms with Gasteiger partial charge in [0.15, 0.2) is 0 Å². The van der Waals surface area contributed by atoms with Gasteiger partial charge in [-0.05, 0) is 35.7 Å². The molecule has 0 saturated carbocycles. The van der Waals surface area contributed by atoms with E-state index in [1.807, 2.05) is 25.1 Å². The largest absolute Gasteiger partial charge is 0.378 e. The molecule has 0 aliphatic heterocycles. The molecule has 0 unspecified atom stereocenters. The van der Waals surface area contributed by atoms with E-state index in [1.165, 1.54) is 10.9 Å². The van der Waals surface area contributed by atoms with Crippen LogP contribution in [0.5, 0.6) is 0 Å². The van der Waals surface area contributed by atoms with E-state index in [0.717, 1.165) is 23.2 Å². The highest BCUT2D eigenvalue weighted by atomic mass is 16.2. The highest BCUT2D eigenvalue weighted by molar-refractivity contribution is 5.83. The highest BCUT2D eigenvalue weighted by Gasteiger charge is 2.15. The summed E-state index contributed by atoms with van der Waals surface area (Å²) in [6.45, 7) is 5.79. The van der Waals surface area contributed by atoms with Crippen molar-refractivity contribution in [3.05, 3.63) is 65.9 Å². The zero-order valence-electron chi connectivity index (χ0n) is 17.9. The Balaban J connectivity index is 1.72. The van der Waals surface area contributed by atoms with E-state index >= 15 is 0 Å². The van der Waals surface area contributed by atoms with Crippen LogP contribution >= 0.6 is 0 Å². The molecule has 0 aliphatic rings. The molecule has 1 heterocycles. The number of nitrogens with zero attached hydrogens (tertiary/aromatic N) is 2. The first kappa shape index (κ1) is 20.9. The van der Waals surface area contributed by atoms with Gasteiger partial charge >= 0.3 is 0 Å². The zero-order chi connectivity index (χ0) is 20.8. The third-order valence-electron chi connectivity index (χ3n) is 5.17. The smallest absolute Gasteiger partial charge is 0.236 e. The molecule has 0 fully saturated rings. The number of benzene rings is 2. The first-order valence-corrected chi connectivity index (χ1v) is 10.3. The molecular weight excluding hydrogens is 360 g/mol. The molecule has 0 spiro atoms. The van der Waals surface area contributed by atoms with Crippen LogP contribution in [0.25, 0.3) is 10.9 Å². The number of amides is 1. The molecule has 29 heavy (non-hydrogen) atoms. The number of hydrogen-bond acceptors (Lipinski definition) is 3. The zero-order valence-corrected chi connectivity index (χ0v) is 17.9. The van der Waals surface area contributed by atoms with Gasteiger partial charge in [0.05, 0.1) is 6.54 Å². The maximum Gasteiger partial charge on any atom is 0.236 e. The van der Waals surface area contributed by atoms with E-state index in [4.69, 9.17) is 0 Å². The third-order valence-corrected chi connectivity index (χ3v) is 5.17. The maximum absolute atomic E-state index is 12.9. The molecule has 1 amide bonds. The lowest BCUT2D eigenvalue weighted by atomic mass is 10.1. The fraction of sp³-hybridized carbons (Fsp3) is 0.375. The normalized spacial score (nSPS) is 11.2. The molecule has 0 saturated heterocycles. The summed E-state index contributed by atoms with van der Waals surface area (Å²) >= 11 is 0. The molecule has 0 atom stereocenters. The lowest BCUT2D eigenvalue weighted by molar-refractivity contribution is -0.130. The molecular formula is C24H32N4O. The molecule has 3 rings (SSSR count). The maximum atomic E-state index is 12.9. The number of aromatic nitrogens is 1. The summed E-state index contributed by atoms with van der Waals surface area (Å²) < 4.78 is 0. The van der Waals surface area contributed by atoms with Crippen molar-refractivity contribution < 1.29 is 4.79 Å². The Hall–Kier alpha value is -2.79. The van der Waals surface area contributed by atoms with Crippen LogP contribution in [0.4, 0.5) is 5.69 Å². The number of carbonyl (C=O) groups excluding carboxylic acids is 1. The van der Waals surface area contributed by atoms with Gasteiger partial charge in [-0.2, -0.15) is 0 Å².